The number of hydrogen-bond donors (Lipinski definition) is 1. The van der Waals surface area contributed by atoms with E-state index in [-0.39, 0.29) is 5.54 Å². The van der Waals surface area contributed by atoms with Crippen molar-refractivity contribution >= 4 is 5.82 Å². The van der Waals surface area contributed by atoms with Crippen molar-refractivity contribution in [2.75, 3.05) is 25.2 Å². The predicted molar refractivity (Wildman–Crippen MR) is 80.9 cm³/mol. The van der Waals surface area contributed by atoms with Gasteiger partial charge < -0.3 is 15.0 Å². The molecular formula is C15H26N4O. The highest BCUT2D eigenvalue weighted by molar-refractivity contribution is 5.37. The third-order valence-corrected chi connectivity index (χ3v) is 3.61. The number of anilines is 1. The Morgan fingerprint density at radius 1 is 1.25 bits per heavy atom. The van der Waals surface area contributed by atoms with Crippen molar-refractivity contribution in [3.8, 4) is 0 Å². The SMILES string of the molecule is CN(c1ccc(CNC(C)(C)C)nn1)C1CCOCC1. The van der Waals surface area contributed by atoms with Crippen molar-refractivity contribution in [3.63, 3.8) is 0 Å². The van der Waals surface area contributed by atoms with Gasteiger partial charge in [0.25, 0.3) is 0 Å². The summed E-state index contributed by atoms with van der Waals surface area (Å²) >= 11 is 0. The van der Waals surface area contributed by atoms with Gasteiger partial charge in [0, 0.05) is 38.4 Å². The lowest BCUT2D eigenvalue weighted by Gasteiger charge is -2.31. The Labute approximate surface area is 121 Å². The van der Waals surface area contributed by atoms with Gasteiger partial charge in [0.05, 0.1) is 5.69 Å². The van der Waals surface area contributed by atoms with Crippen LogP contribution in [0.2, 0.25) is 0 Å². The molecule has 2 rings (SSSR count). The zero-order valence-corrected chi connectivity index (χ0v) is 13.0. The average molecular weight is 278 g/mol. The molecule has 0 spiro atoms. The number of nitrogens with zero attached hydrogens (tertiary/aromatic N) is 3. The fourth-order valence-electron chi connectivity index (χ4n) is 2.25. The van der Waals surface area contributed by atoms with Crippen molar-refractivity contribution in [1.82, 2.24) is 15.5 Å². The molecule has 2 heterocycles. The number of rotatable bonds is 4. The Kier molecular flexibility index (Phi) is 4.94. The lowest BCUT2D eigenvalue weighted by molar-refractivity contribution is 0.0853. The predicted octanol–water partition coefficient (Wildman–Crippen LogP) is 1.98. The molecule has 5 heteroatoms. The van der Waals surface area contributed by atoms with Gasteiger partial charge in [-0.15, -0.1) is 5.10 Å². The maximum absolute atomic E-state index is 5.40. The van der Waals surface area contributed by atoms with Crippen LogP contribution in [0.4, 0.5) is 5.82 Å². The van der Waals surface area contributed by atoms with Crippen molar-refractivity contribution in [1.29, 1.82) is 0 Å². The van der Waals surface area contributed by atoms with Crippen LogP contribution in [0.1, 0.15) is 39.3 Å². The summed E-state index contributed by atoms with van der Waals surface area (Å²) in [4.78, 5) is 2.22. The number of hydrogen-bond acceptors (Lipinski definition) is 5. The lowest BCUT2D eigenvalue weighted by Crippen LogP contribution is -2.37. The van der Waals surface area contributed by atoms with Gasteiger partial charge in [-0.3, -0.25) is 0 Å². The molecule has 1 aromatic rings. The maximum Gasteiger partial charge on any atom is 0.151 e. The third-order valence-electron chi connectivity index (χ3n) is 3.61. The molecule has 0 aromatic carbocycles. The van der Waals surface area contributed by atoms with E-state index < -0.39 is 0 Å². The van der Waals surface area contributed by atoms with Crippen LogP contribution in [0.3, 0.4) is 0 Å². The van der Waals surface area contributed by atoms with E-state index in [0.29, 0.717) is 6.04 Å². The molecule has 1 aliphatic heterocycles. The highest BCUT2D eigenvalue weighted by atomic mass is 16.5. The van der Waals surface area contributed by atoms with E-state index >= 15 is 0 Å². The summed E-state index contributed by atoms with van der Waals surface area (Å²) in [5.74, 6) is 0.941. The Morgan fingerprint density at radius 3 is 2.50 bits per heavy atom. The molecule has 0 amide bonds. The first-order valence-corrected chi connectivity index (χ1v) is 7.34. The van der Waals surface area contributed by atoms with E-state index in [1.54, 1.807) is 0 Å². The Hall–Kier alpha value is -1.20. The summed E-state index contributed by atoms with van der Waals surface area (Å²) < 4.78 is 5.40. The van der Waals surface area contributed by atoms with Gasteiger partial charge in [0.2, 0.25) is 0 Å². The van der Waals surface area contributed by atoms with Crippen LogP contribution in [-0.2, 0) is 11.3 Å². The third kappa shape index (κ3) is 4.42. The normalized spacial score (nSPS) is 17.2. The van der Waals surface area contributed by atoms with Gasteiger partial charge in [-0.05, 0) is 45.7 Å². The molecule has 1 aromatic heterocycles. The van der Waals surface area contributed by atoms with E-state index in [9.17, 15) is 0 Å². The largest absolute Gasteiger partial charge is 0.381 e. The first-order valence-electron chi connectivity index (χ1n) is 7.34. The molecule has 0 unspecified atom stereocenters. The lowest BCUT2D eigenvalue weighted by atomic mass is 10.1. The van der Waals surface area contributed by atoms with E-state index in [0.717, 1.165) is 44.1 Å². The fraction of sp³-hybridized carbons (Fsp3) is 0.733. The van der Waals surface area contributed by atoms with Crippen LogP contribution in [-0.4, -0.2) is 42.0 Å². The molecule has 5 nitrogen and oxygen atoms in total. The van der Waals surface area contributed by atoms with Gasteiger partial charge >= 0.3 is 0 Å². The number of aromatic nitrogens is 2. The van der Waals surface area contributed by atoms with Gasteiger partial charge in [0.1, 0.15) is 0 Å². The van der Waals surface area contributed by atoms with Crippen molar-refractivity contribution in [2.45, 2.75) is 51.7 Å². The molecule has 112 valence electrons. The van der Waals surface area contributed by atoms with Gasteiger partial charge in [0.15, 0.2) is 5.82 Å². The highest BCUT2D eigenvalue weighted by Gasteiger charge is 2.19. The van der Waals surface area contributed by atoms with Gasteiger partial charge in [-0.25, -0.2) is 0 Å². The maximum atomic E-state index is 5.40. The van der Waals surface area contributed by atoms with E-state index in [4.69, 9.17) is 4.74 Å². The van der Waals surface area contributed by atoms with Crippen LogP contribution in [0, 0.1) is 0 Å². The zero-order chi connectivity index (χ0) is 14.6. The summed E-state index contributed by atoms with van der Waals surface area (Å²) in [7, 11) is 2.09. The zero-order valence-electron chi connectivity index (χ0n) is 13.0. The molecule has 1 aliphatic rings. The minimum Gasteiger partial charge on any atom is -0.381 e. The molecular weight excluding hydrogens is 252 g/mol. The van der Waals surface area contributed by atoms with Crippen LogP contribution in [0.5, 0.6) is 0 Å². The molecule has 0 saturated carbocycles. The second-order valence-corrected chi connectivity index (χ2v) is 6.44. The first kappa shape index (κ1) is 15.2. The van der Waals surface area contributed by atoms with E-state index in [1.807, 2.05) is 0 Å². The molecule has 0 radical (unpaired) electrons. The average Bonchev–Trinajstić information content (AvgIpc) is 2.45. The molecule has 1 N–H and O–H groups in total. The molecule has 0 atom stereocenters. The minimum atomic E-state index is 0.0965. The van der Waals surface area contributed by atoms with Crippen LogP contribution < -0.4 is 10.2 Å². The number of nitrogens with one attached hydrogen (secondary N) is 1. The van der Waals surface area contributed by atoms with Crippen molar-refractivity contribution < 1.29 is 4.74 Å². The summed E-state index contributed by atoms with van der Waals surface area (Å²) in [6.07, 6.45) is 2.12. The van der Waals surface area contributed by atoms with Gasteiger partial charge in [-0.1, -0.05) is 0 Å². The molecule has 0 aliphatic carbocycles. The van der Waals surface area contributed by atoms with Crippen LogP contribution in [0.15, 0.2) is 12.1 Å². The highest BCUT2D eigenvalue weighted by Crippen LogP contribution is 2.18. The summed E-state index contributed by atoms with van der Waals surface area (Å²) in [5, 5.41) is 12.1. The Morgan fingerprint density at radius 2 is 1.95 bits per heavy atom. The van der Waals surface area contributed by atoms with E-state index in [2.05, 4.69) is 60.4 Å². The first-order chi connectivity index (χ1) is 9.46. The van der Waals surface area contributed by atoms with Crippen molar-refractivity contribution in [3.05, 3.63) is 17.8 Å². The van der Waals surface area contributed by atoms with Crippen molar-refractivity contribution in [2.24, 2.45) is 0 Å². The fourth-order valence-corrected chi connectivity index (χ4v) is 2.25. The summed E-state index contributed by atoms with van der Waals surface area (Å²) in [6.45, 7) is 8.87. The molecule has 1 saturated heterocycles. The Bertz CT molecular complexity index is 407. The quantitative estimate of drug-likeness (QED) is 0.912. The minimum absolute atomic E-state index is 0.0965. The molecule has 1 fully saturated rings. The summed E-state index contributed by atoms with van der Waals surface area (Å²) in [6, 6.07) is 4.62. The smallest absolute Gasteiger partial charge is 0.151 e. The topological polar surface area (TPSA) is 50.3 Å². The monoisotopic (exact) mass is 278 g/mol. The van der Waals surface area contributed by atoms with Crippen LogP contribution in [0.25, 0.3) is 0 Å². The molecule has 0 bridgehead atoms. The number of ether oxygens (including phenoxy) is 1. The second kappa shape index (κ2) is 6.50. The summed E-state index contributed by atoms with van der Waals surface area (Å²) in [5.41, 5.74) is 1.07. The van der Waals surface area contributed by atoms with Gasteiger partial charge in [-0.2, -0.15) is 5.10 Å². The Balaban J connectivity index is 1.93. The standard InChI is InChI=1S/C15H26N4O/c1-15(2,3)16-11-12-5-6-14(18-17-12)19(4)13-7-9-20-10-8-13/h5-6,13,16H,7-11H2,1-4H3. The van der Waals surface area contributed by atoms with E-state index in [1.165, 1.54) is 0 Å². The second-order valence-electron chi connectivity index (χ2n) is 6.44. The van der Waals surface area contributed by atoms with Crippen LogP contribution >= 0.6 is 0 Å². The molecule has 20 heavy (non-hydrogen) atoms.